The summed E-state index contributed by atoms with van der Waals surface area (Å²) in [6.45, 7) is 4.24. The second kappa shape index (κ2) is 7.68. The average molecular weight is 235 g/mol. The van der Waals surface area contributed by atoms with Crippen molar-refractivity contribution >= 4 is 11.6 Å². The Morgan fingerprint density at radius 1 is 1.35 bits per heavy atom. The first-order valence-electron chi connectivity index (χ1n) is 6.10. The van der Waals surface area contributed by atoms with Gasteiger partial charge in [-0.05, 0) is 37.6 Å². The van der Waals surface area contributed by atoms with Crippen LogP contribution in [-0.2, 0) is 0 Å². The molecule has 4 heteroatoms. The van der Waals surface area contributed by atoms with Crippen LogP contribution in [0.2, 0.25) is 0 Å². The zero-order valence-corrected chi connectivity index (χ0v) is 10.3. The highest BCUT2D eigenvalue weighted by atomic mass is 16.1. The molecule has 0 spiro atoms. The standard InChI is InChI=1S/C13H21N3O/c1-2-8-16-13(17)11-5-3-6-12(10-11)15-9-4-7-14/h3,5-6,10,15H,2,4,7-9,14H2,1H3,(H,16,17). The van der Waals surface area contributed by atoms with Crippen LogP contribution in [0.3, 0.4) is 0 Å². The molecular formula is C13H21N3O. The molecule has 0 aliphatic heterocycles. The van der Waals surface area contributed by atoms with Crippen LogP contribution >= 0.6 is 0 Å². The molecule has 0 saturated carbocycles. The smallest absolute Gasteiger partial charge is 0.251 e. The molecule has 0 bridgehead atoms. The highest BCUT2D eigenvalue weighted by molar-refractivity contribution is 5.95. The lowest BCUT2D eigenvalue weighted by molar-refractivity contribution is 0.0953. The number of nitrogens with two attached hydrogens (primary N) is 1. The molecular weight excluding hydrogens is 214 g/mol. The number of hydrogen-bond acceptors (Lipinski definition) is 3. The number of nitrogens with one attached hydrogen (secondary N) is 2. The highest BCUT2D eigenvalue weighted by Crippen LogP contribution is 2.10. The van der Waals surface area contributed by atoms with Gasteiger partial charge in [0.05, 0.1) is 0 Å². The molecule has 4 N–H and O–H groups in total. The van der Waals surface area contributed by atoms with Crippen molar-refractivity contribution in [2.45, 2.75) is 19.8 Å². The fourth-order valence-corrected chi connectivity index (χ4v) is 1.45. The maximum absolute atomic E-state index is 11.7. The van der Waals surface area contributed by atoms with Crippen LogP contribution in [0.5, 0.6) is 0 Å². The molecule has 0 saturated heterocycles. The molecule has 1 aromatic carbocycles. The van der Waals surface area contributed by atoms with E-state index in [0.717, 1.165) is 25.1 Å². The molecule has 0 radical (unpaired) electrons. The van der Waals surface area contributed by atoms with Crippen LogP contribution in [-0.4, -0.2) is 25.5 Å². The van der Waals surface area contributed by atoms with E-state index in [1.807, 2.05) is 31.2 Å². The Morgan fingerprint density at radius 2 is 2.18 bits per heavy atom. The third kappa shape index (κ3) is 4.87. The molecule has 1 rings (SSSR count). The number of rotatable bonds is 7. The second-order valence-electron chi connectivity index (χ2n) is 3.91. The van der Waals surface area contributed by atoms with Crippen molar-refractivity contribution in [2.75, 3.05) is 25.0 Å². The molecule has 17 heavy (non-hydrogen) atoms. The van der Waals surface area contributed by atoms with Gasteiger partial charge in [0.1, 0.15) is 0 Å². The first-order chi connectivity index (χ1) is 8.27. The van der Waals surface area contributed by atoms with Gasteiger partial charge >= 0.3 is 0 Å². The van der Waals surface area contributed by atoms with Gasteiger partial charge in [-0.15, -0.1) is 0 Å². The summed E-state index contributed by atoms with van der Waals surface area (Å²) in [5, 5.41) is 6.09. The molecule has 1 aromatic rings. The molecule has 94 valence electrons. The van der Waals surface area contributed by atoms with Crippen LogP contribution in [0.4, 0.5) is 5.69 Å². The van der Waals surface area contributed by atoms with E-state index in [1.54, 1.807) is 0 Å². The zero-order valence-electron chi connectivity index (χ0n) is 10.3. The van der Waals surface area contributed by atoms with Crippen LogP contribution < -0.4 is 16.4 Å². The van der Waals surface area contributed by atoms with E-state index in [4.69, 9.17) is 5.73 Å². The molecule has 1 amide bonds. The van der Waals surface area contributed by atoms with Crippen LogP contribution in [0, 0.1) is 0 Å². The third-order valence-electron chi connectivity index (χ3n) is 2.37. The van der Waals surface area contributed by atoms with Crippen molar-refractivity contribution < 1.29 is 4.79 Å². The minimum absolute atomic E-state index is 0.0191. The topological polar surface area (TPSA) is 67.2 Å². The first-order valence-corrected chi connectivity index (χ1v) is 6.10. The minimum atomic E-state index is -0.0191. The van der Waals surface area contributed by atoms with Crippen molar-refractivity contribution in [3.63, 3.8) is 0 Å². The maximum Gasteiger partial charge on any atom is 0.251 e. The van der Waals surface area contributed by atoms with Gasteiger partial charge in [-0.1, -0.05) is 13.0 Å². The molecule has 0 atom stereocenters. The van der Waals surface area contributed by atoms with Crippen LogP contribution in [0.25, 0.3) is 0 Å². The summed E-state index contributed by atoms with van der Waals surface area (Å²) in [7, 11) is 0. The number of carbonyl (C=O) groups excluding carboxylic acids is 1. The Balaban J connectivity index is 2.55. The van der Waals surface area contributed by atoms with Crippen molar-refractivity contribution in [2.24, 2.45) is 5.73 Å². The predicted molar refractivity (Wildman–Crippen MR) is 71.2 cm³/mol. The molecule has 0 aromatic heterocycles. The lowest BCUT2D eigenvalue weighted by atomic mass is 10.2. The third-order valence-corrected chi connectivity index (χ3v) is 2.37. The van der Waals surface area contributed by atoms with Gasteiger partial charge in [0.15, 0.2) is 0 Å². The van der Waals surface area contributed by atoms with Crippen molar-refractivity contribution in [1.82, 2.24) is 5.32 Å². The van der Waals surface area contributed by atoms with E-state index in [0.29, 0.717) is 18.7 Å². The predicted octanol–water partition coefficient (Wildman–Crippen LogP) is 1.59. The normalized spacial score (nSPS) is 10.0. The van der Waals surface area contributed by atoms with E-state index in [-0.39, 0.29) is 5.91 Å². The quantitative estimate of drug-likeness (QED) is 0.629. The summed E-state index contributed by atoms with van der Waals surface area (Å²) < 4.78 is 0. The minimum Gasteiger partial charge on any atom is -0.385 e. The fraction of sp³-hybridized carbons (Fsp3) is 0.462. The molecule has 0 heterocycles. The molecule has 4 nitrogen and oxygen atoms in total. The summed E-state index contributed by atoms with van der Waals surface area (Å²) in [4.78, 5) is 11.7. The van der Waals surface area contributed by atoms with Gasteiger partial charge in [-0.25, -0.2) is 0 Å². The zero-order chi connectivity index (χ0) is 12.5. The van der Waals surface area contributed by atoms with Crippen molar-refractivity contribution in [3.8, 4) is 0 Å². The largest absolute Gasteiger partial charge is 0.385 e. The number of anilines is 1. The van der Waals surface area contributed by atoms with Gasteiger partial charge in [0.2, 0.25) is 0 Å². The number of hydrogen-bond donors (Lipinski definition) is 3. The van der Waals surface area contributed by atoms with E-state index >= 15 is 0 Å². The first kappa shape index (κ1) is 13.5. The molecule has 0 aliphatic rings. The number of amides is 1. The summed E-state index contributed by atoms with van der Waals surface area (Å²) in [5.41, 5.74) is 7.07. The Hall–Kier alpha value is -1.55. The number of benzene rings is 1. The van der Waals surface area contributed by atoms with Gasteiger partial charge < -0.3 is 16.4 Å². The summed E-state index contributed by atoms with van der Waals surface area (Å²) in [6.07, 6.45) is 1.87. The Bertz CT molecular complexity index is 352. The fourth-order valence-electron chi connectivity index (χ4n) is 1.45. The van der Waals surface area contributed by atoms with Crippen molar-refractivity contribution in [3.05, 3.63) is 29.8 Å². The second-order valence-corrected chi connectivity index (χ2v) is 3.91. The maximum atomic E-state index is 11.7. The van der Waals surface area contributed by atoms with E-state index in [2.05, 4.69) is 10.6 Å². The summed E-state index contributed by atoms with van der Waals surface area (Å²) in [5.74, 6) is -0.0191. The van der Waals surface area contributed by atoms with Gasteiger partial charge in [-0.2, -0.15) is 0 Å². The van der Waals surface area contributed by atoms with E-state index in [1.165, 1.54) is 0 Å². The lowest BCUT2D eigenvalue weighted by Crippen LogP contribution is -2.24. The Labute approximate surface area is 103 Å². The monoisotopic (exact) mass is 235 g/mol. The number of carbonyl (C=O) groups is 1. The van der Waals surface area contributed by atoms with E-state index < -0.39 is 0 Å². The molecule has 0 fully saturated rings. The molecule has 0 aliphatic carbocycles. The summed E-state index contributed by atoms with van der Waals surface area (Å²) in [6, 6.07) is 7.51. The van der Waals surface area contributed by atoms with Gasteiger partial charge in [-0.3, -0.25) is 4.79 Å². The Kier molecular flexibility index (Phi) is 6.10. The van der Waals surface area contributed by atoms with E-state index in [9.17, 15) is 4.79 Å². The summed E-state index contributed by atoms with van der Waals surface area (Å²) >= 11 is 0. The van der Waals surface area contributed by atoms with Gasteiger partial charge in [0.25, 0.3) is 5.91 Å². The average Bonchev–Trinajstić information content (AvgIpc) is 2.36. The SMILES string of the molecule is CCCNC(=O)c1cccc(NCCCN)c1. The van der Waals surface area contributed by atoms with Gasteiger partial charge in [0, 0.05) is 24.3 Å². The molecule has 0 unspecified atom stereocenters. The highest BCUT2D eigenvalue weighted by Gasteiger charge is 2.04. The Morgan fingerprint density at radius 3 is 2.88 bits per heavy atom. The van der Waals surface area contributed by atoms with Crippen LogP contribution in [0.1, 0.15) is 30.1 Å². The van der Waals surface area contributed by atoms with Crippen molar-refractivity contribution in [1.29, 1.82) is 0 Å². The lowest BCUT2D eigenvalue weighted by Gasteiger charge is -2.08. The van der Waals surface area contributed by atoms with Crippen LogP contribution in [0.15, 0.2) is 24.3 Å².